The fourth-order valence-corrected chi connectivity index (χ4v) is 5.43. The van der Waals surface area contributed by atoms with Crippen molar-refractivity contribution in [2.45, 2.75) is 38.4 Å². The van der Waals surface area contributed by atoms with Crippen molar-refractivity contribution in [3.05, 3.63) is 132 Å². The molecule has 0 radical (unpaired) electrons. The molecule has 0 amide bonds. The van der Waals surface area contributed by atoms with Gasteiger partial charge in [-0.25, -0.2) is 9.97 Å². The molecule has 1 unspecified atom stereocenters. The lowest BCUT2D eigenvalue weighted by Gasteiger charge is -2.36. The molecule has 6 heteroatoms. The van der Waals surface area contributed by atoms with Crippen molar-refractivity contribution < 1.29 is 4.74 Å². The van der Waals surface area contributed by atoms with Crippen LogP contribution < -0.4 is 10.1 Å². The number of nitrogens with one attached hydrogen (secondary N) is 1. The average molecular weight is 528 g/mol. The molecular formula is C34H33N5O. The van der Waals surface area contributed by atoms with Crippen molar-refractivity contribution in [2.75, 3.05) is 12.4 Å². The number of rotatable bonds is 9. The van der Waals surface area contributed by atoms with Gasteiger partial charge in [0.25, 0.3) is 0 Å². The number of pyridine rings is 1. The molecule has 3 aromatic carbocycles. The van der Waals surface area contributed by atoms with Gasteiger partial charge in [0.05, 0.1) is 7.11 Å². The van der Waals surface area contributed by atoms with Crippen molar-refractivity contribution in [1.29, 1.82) is 0 Å². The van der Waals surface area contributed by atoms with Gasteiger partial charge in [-0.2, -0.15) is 0 Å². The molecule has 40 heavy (non-hydrogen) atoms. The molecule has 2 aromatic heterocycles. The minimum Gasteiger partial charge on any atom is -0.497 e. The van der Waals surface area contributed by atoms with Gasteiger partial charge in [-0.05, 0) is 54.7 Å². The van der Waals surface area contributed by atoms with Crippen LogP contribution in [-0.2, 0) is 25.9 Å². The van der Waals surface area contributed by atoms with E-state index in [1.807, 2.05) is 36.4 Å². The lowest BCUT2D eigenvalue weighted by atomic mass is 9.90. The second-order valence-corrected chi connectivity index (χ2v) is 10.2. The van der Waals surface area contributed by atoms with Gasteiger partial charge in [-0.15, -0.1) is 0 Å². The summed E-state index contributed by atoms with van der Waals surface area (Å²) in [4.78, 5) is 16.9. The van der Waals surface area contributed by atoms with Crippen molar-refractivity contribution in [1.82, 2.24) is 19.9 Å². The molecule has 5 aromatic rings. The largest absolute Gasteiger partial charge is 0.497 e. The summed E-state index contributed by atoms with van der Waals surface area (Å²) in [6.07, 6.45) is 6.38. The van der Waals surface area contributed by atoms with Gasteiger partial charge in [0, 0.05) is 60.1 Å². The minimum atomic E-state index is 0.356. The summed E-state index contributed by atoms with van der Waals surface area (Å²) in [5.41, 5.74) is 6.84. The highest BCUT2D eigenvalue weighted by Crippen LogP contribution is 2.33. The number of nitrogens with zero attached hydrogens (tertiary/aromatic N) is 4. The third kappa shape index (κ3) is 6.03. The molecule has 0 saturated heterocycles. The van der Waals surface area contributed by atoms with Gasteiger partial charge in [0.15, 0.2) is 5.82 Å². The molecule has 0 saturated carbocycles. The van der Waals surface area contributed by atoms with Gasteiger partial charge < -0.3 is 10.1 Å². The molecule has 6 rings (SSSR count). The quantitative estimate of drug-likeness (QED) is 0.226. The molecule has 6 nitrogen and oxygen atoms in total. The molecule has 2 heterocycles. The maximum absolute atomic E-state index is 5.47. The predicted octanol–water partition coefficient (Wildman–Crippen LogP) is 6.85. The zero-order chi connectivity index (χ0) is 27.1. The average Bonchev–Trinajstić information content (AvgIpc) is 3.02. The molecular weight excluding hydrogens is 494 g/mol. The summed E-state index contributed by atoms with van der Waals surface area (Å²) < 4.78 is 5.47. The maximum Gasteiger partial charge on any atom is 0.161 e. The van der Waals surface area contributed by atoms with Crippen LogP contribution in [0.1, 0.15) is 28.8 Å². The first-order chi connectivity index (χ1) is 19.7. The van der Waals surface area contributed by atoms with E-state index in [0.717, 1.165) is 66.7 Å². The number of methoxy groups -OCH3 is 1. The van der Waals surface area contributed by atoms with Crippen LogP contribution in [-0.4, -0.2) is 33.0 Å². The number of anilines is 2. The standard InChI is InChI=1S/C34H33N5O/c1-40-30-14-8-13-28(21-30)36-34-31-22-29(15-16-32(31)37-33(38-34)27-17-19-35-20-18-27)39(23-25-9-4-2-5-10-25)24-26-11-6-3-7-12-26/h2-14,17-21,29H,15-16,22-24H2,1H3,(H,36,37,38). The highest BCUT2D eigenvalue weighted by molar-refractivity contribution is 5.66. The summed E-state index contributed by atoms with van der Waals surface area (Å²) in [5, 5.41) is 3.61. The van der Waals surface area contributed by atoms with Crippen molar-refractivity contribution in [2.24, 2.45) is 0 Å². The van der Waals surface area contributed by atoms with Gasteiger partial charge >= 0.3 is 0 Å². The summed E-state index contributed by atoms with van der Waals surface area (Å²) in [6, 6.07) is 33.8. The Bertz CT molecular complexity index is 1500. The van der Waals surface area contributed by atoms with Crippen molar-refractivity contribution in [3.63, 3.8) is 0 Å². The van der Waals surface area contributed by atoms with Gasteiger partial charge in [0.1, 0.15) is 11.6 Å². The molecule has 1 aliphatic carbocycles. The second-order valence-electron chi connectivity index (χ2n) is 10.2. The molecule has 1 aliphatic rings. The Labute approximate surface area is 235 Å². The van der Waals surface area contributed by atoms with Crippen molar-refractivity contribution in [3.8, 4) is 17.1 Å². The Morgan fingerprint density at radius 1 is 0.825 bits per heavy atom. The molecule has 200 valence electrons. The topological polar surface area (TPSA) is 63.2 Å². The van der Waals surface area contributed by atoms with Crippen LogP contribution in [0.15, 0.2) is 109 Å². The summed E-state index contributed by atoms with van der Waals surface area (Å²) in [7, 11) is 1.69. The van der Waals surface area contributed by atoms with E-state index in [0.29, 0.717) is 6.04 Å². The number of benzene rings is 3. The van der Waals surface area contributed by atoms with Crippen LogP contribution in [0.5, 0.6) is 5.75 Å². The lowest BCUT2D eigenvalue weighted by Crippen LogP contribution is -2.39. The summed E-state index contributed by atoms with van der Waals surface area (Å²) in [6.45, 7) is 1.79. The van der Waals surface area contributed by atoms with E-state index in [2.05, 4.69) is 75.9 Å². The first-order valence-electron chi connectivity index (χ1n) is 13.8. The number of ether oxygens (including phenoxy) is 1. The van der Waals surface area contributed by atoms with Gasteiger partial charge in [-0.3, -0.25) is 9.88 Å². The number of fused-ring (bicyclic) bond motifs is 1. The molecule has 0 aliphatic heterocycles. The Hall–Kier alpha value is -4.55. The fraction of sp³-hybridized carbons (Fsp3) is 0.206. The van der Waals surface area contributed by atoms with Crippen LogP contribution >= 0.6 is 0 Å². The SMILES string of the molecule is COc1cccc(Nc2nc(-c3ccncc3)nc3c2CC(N(Cc2ccccc2)Cc2ccccc2)CC3)c1. The summed E-state index contributed by atoms with van der Waals surface area (Å²) in [5.74, 6) is 2.38. The zero-order valence-electron chi connectivity index (χ0n) is 22.7. The highest BCUT2D eigenvalue weighted by atomic mass is 16.5. The monoisotopic (exact) mass is 527 g/mol. The van der Waals surface area contributed by atoms with E-state index < -0.39 is 0 Å². The normalized spacial score (nSPS) is 14.5. The number of hydrogen-bond donors (Lipinski definition) is 1. The predicted molar refractivity (Wildman–Crippen MR) is 159 cm³/mol. The highest BCUT2D eigenvalue weighted by Gasteiger charge is 2.29. The Balaban J connectivity index is 1.36. The molecule has 0 fully saturated rings. The van der Waals surface area contributed by atoms with E-state index in [9.17, 15) is 0 Å². The summed E-state index contributed by atoms with van der Waals surface area (Å²) >= 11 is 0. The molecule has 1 N–H and O–H groups in total. The Morgan fingerprint density at radius 2 is 1.52 bits per heavy atom. The van der Waals surface area contributed by atoms with Crippen LogP contribution in [0, 0.1) is 0 Å². The number of hydrogen-bond acceptors (Lipinski definition) is 6. The molecule has 0 bridgehead atoms. The number of aryl methyl sites for hydroxylation is 1. The maximum atomic E-state index is 5.47. The first-order valence-corrected chi connectivity index (χ1v) is 13.8. The lowest BCUT2D eigenvalue weighted by molar-refractivity contribution is 0.161. The third-order valence-electron chi connectivity index (χ3n) is 7.49. The van der Waals surface area contributed by atoms with Gasteiger partial charge in [-0.1, -0.05) is 66.7 Å². The smallest absolute Gasteiger partial charge is 0.161 e. The van der Waals surface area contributed by atoms with E-state index in [4.69, 9.17) is 14.7 Å². The van der Waals surface area contributed by atoms with Crippen LogP contribution in [0.25, 0.3) is 11.4 Å². The Morgan fingerprint density at radius 3 is 2.20 bits per heavy atom. The van der Waals surface area contributed by atoms with E-state index >= 15 is 0 Å². The minimum absolute atomic E-state index is 0.356. The van der Waals surface area contributed by atoms with Crippen LogP contribution in [0.2, 0.25) is 0 Å². The van der Waals surface area contributed by atoms with E-state index in [-0.39, 0.29) is 0 Å². The van der Waals surface area contributed by atoms with Crippen LogP contribution in [0.4, 0.5) is 11.5 Å². The fourth-order valence-electron chi connectivity index (χ4n) is 5.43. The molecule has 1 atom stereocenters. The van der Waals surface area contributed by atoms with E-state index in [1.165, 1.54) is 16.7 Å². The van der Waals surface area contributed by atoms with Crippen molar-refractivity contribution >= 4 is 11.5 Å². The molecule has 0 spiro atoms. The number of aromatic nitrogens is 3. The zero-order valence-corrected chi connectivity index (χ0v) is 22.7. The van der Waals surface area contributed by atoms with E-state index in [1.54, 1.807) is 19.5 Å². The first kappa shape index (κ1) is 25.7. The third-order valence-corrected chi connectivity index (χ3v) is 7.49. The van der Waals surface area contributed by atoms with Gasteiger partial charge in [0.2, 0.25) is 0 Å². The Kier molecular flexibility index (Phi) is 7.78. The van der Waals surface area contributed by atoms with Crippen LogP contribution in [0.3, 0.4) is 0 Å². The second kappa shape index (κ2) is 12.1.